The van der Waals surface area contributed by atoms with Crippen LogP contribution < -0.4 is 10.6 Å². The number of anilines is 1. The molecule has 0 radical (unpaired) electrons. The highest BCUT2D eigenvalue weighted by Crippen LogP contribution is 2.33. The van der Waals surface area contributed by atoms with Gasteiger partial charge in [-0.25, -0.2) is 0 Å². The van der Waals surface area contributed by atoms with Gasteiger partial charge in [0.25, 0.3) is 0 Å². The van der Waals surface area contributed by atoms with E-state index in [9.17, 15) is 14.7 Å². The van der Waals surface area contributed by atoms with E-state index in [0.717, 1.165) is 4.90 Å². The minimum absolute atomic E-state index is 0.0966. The number of thiophene rings is 2. The van der Waals surface area contributed by atoms with Gasteiger partial charge in [-0.1, -0.05) is 18.2 Å². The Hall–Kier alpha value is -2.13. The van der Waals surface area contributed by atoms with Crippen LogP contribution in [0.3, 0.4) is 0 Å². The van der Waals surface area contributed by atoms with E-state index in [1.807, 2.05) is 52.7 Å². The van der Waals surface area contributed by atoms with Gasteiger partial charge in [-0.15, -0.1) is 23.1 Å². The summed E-state index contributed by atoms with van der Waals surface area (Å²) in [5, 5.41) is 21.9. The maximum atomic E-state index is 12.3. The Kier molecular flexibility index (Phi) is 6.33. The highest BCUT2D eigenvalue weighted by atomic mass is 32.2. The fraction of sp³-hybridized carbons (Fsp3) is 0.158. The molecule has 0 spiro atoms. The third kappa shape index (κ3) is 4.41. The summed E-state index contributed by atoms with van der Waals surface area (Å²) in [5.41, 5.74) is -0.110. The SMILES string of the molecule is CSc1ccccc1NC(=O)C(=O)NC[C@](O)(c1ccsc1)c1cccs1. The molecule has 3 aromatic rings. The predicted molar refractivity (Wildman–Crippen MR) is 111 cm³/mol. The largest absolute Gasteiger partial charge is 0.378 e. The topological polar surface area (TPSA) is 78.4 Å². The third-order valence-electron chi connectivity index (χ3n) is 3.99. The van der Waals surface area contributed by atoms with Crippen molar-refractivity contribution in [3.8, 4) is 0 Å². The molecule has 140 valence electrons. The Bertz CT molecular complexity index is 874. The molecule has 27 heavy (non-hydrogen) atoms. The summed E-state index contributed by atoms with van der Waals surface area (Å²) in [5.74, 6) is -1.56. The molecule has 0 saturated heterocycles. The van der Waals surface area contributed by atoms with Crippen LogP contribution in [0.4, 0.5) is 5.69 Å². The number of carbonyl (C=O) groups is 2. The van der Waals surface area contributed by atoms with Gasteiger partial charge >= 0.3 is 11.8 Å². The normalized spacial score (nSPS) is 13.0. The van der Waals surface area contributed by atoms with E-state index in [4.69, 9.17) is 0 Å². The van der Waals surface area contributed by atoms with Crippen molar-refractivity contribution in [3.05, 3.63) is 69.0 Å². The van der Waals surface area contributed by atoms with E-state index in [-0.39, 0.29) is 6.54 Å². The van der Waals surface area contributed by atoms with Crippen LogP contribution >= 0.6 is 34.4 Å². The Morgan fingerprint density at radius 2 is 1.93 bits per heavy atom. The molecule has 2 amide bonds. The number of amides is 2. The lowest BCUT2D eigenvalue weighted by molar-refractivity contribution is -0.136. The number of hydrogen-bond donors (Lipinski definition) is 3. The average molecular weight is 419 g/mol. The first kappa shape index (κ1) is 19.6. The van der Waals surface area contributed by atoms with E-state index in [1.54, 1.807) is 12.1 Å². The lowest BCUT2D eigenvalue weighted by Crippen LogP contribution is -2.44. The molecule has 2 aromatic heterocycles. The van der Waals surface area contributed by atoms with Gasteiger partial charge in [-0.05, 0) is 46.7 Å². The number of para-hydroxylation sites is 1. The number of carbonyl (C=O) groups excluding carboxylic acids is 2. The minimum Gasteiger partial charge on any atom is -0.378 e. The number of nitrogens with one attached hydrogen (secondary N) is 2. The van der Waals surface area contributed by atoms with Crippen molar-refractivity contribution in [1.29, 1.82) is 0 Å². The second kappa shape index (κ2) is 8.71. The molecule has 3 N–H and O–H groups in total. The summed E-state index contributed by atoms with van der Waals surface area (Å²) in [6.07, 6.45) is 1.90. The molecule has 8 heteroatoms. The summed E-state index contributed by atoms with van der Waals surface area (Å²) in [7, 11) is 0. The summed E-state index contributed by atoms with van der Waals surface area (Å²) >= 11 is 4.34. The fourth-order valence-electron chi connectivity index (χ4n) is 2.56. The zero-order valence-electron chi connectivity index (χ0n) is 14.5. The van der Waals surface area contributed by atoms with Gasteiger partial charge in [0.15, 0.2) is 0 Å². The Morgan fingerprint density at radius 1 is 1.11 bits per heavy atom. The van der Waals surface area contributed by atoms with Crippen molar-refractivity contribution < 1.29 is 14.7 Å². The molecule has 0 fully saturated rings. The van der Waals surface area contributed by atoms with Crippen LogP contribution in [0.15, 0.2) is 63.5 Å². The summed E-state index contributed by atoms with van der Waals surface area (Å²) in [6.45, 7) is -0.0966. The molecule has 1 aromatic carbocycles. The lowest BCUT2D eigenvalue weighted by atomic mass is 9.94. The Morgan fingerprint density at radius 3 is 2.59 bits per heavy atom. The van der Waals surface area contributed by atoms with Crippen molar-refractivity contribution in [2.24, 2.45) is 0 Å². The highest BCUT2D eigenvalue weighted by molar-refractivity contribution is 7.98. The van der Waals surface area contributed by atoms with Crippen molar-refractivity contribution in [2.45, 2.75) is 10.5 Å². The maximum Gasteiger partial charge on any atom is 0.313 e. The van der Waals surface area contributed by atoms with E-state index >= 15 is 0 Å². The quantitative estimate of drug-likeness (QED) is 0.423. The lowest BCUT2D eigenvalue weighted by Gasteiger charge is -2.26. The average Bonchev–Trinajstić information content (AvgIpc) is 3.40. The number of aliphatic hydroxyl groups is 1. The first-order valence-corrected chi connectivity index (χ1v) is 11.1. The van der Waals surface area contributed by atoms with Gasteiger partial charge in [0.2, 0.25) is 0 Å². The van der Waals surface area contributed by atoms with E-state index in [0.29, 0.717) is 16.1 Å². The predicted octanol–water partition coefficient (Wildman–Crippen LogP) is 3.52. The van der Waals surface area contributed by atoms with E-state index in [2.05, 4.69) is 10.6 Å². The molecule has 0 aliphatic carbocycles. The third-order valence-corrected chi connectivity index (χ3v) is 6.49. The van der Waals surface area contributed by atoms with Crippen LogP contribution in [0, 0.1) is 0 Å². The van der Waals surface area contributed by atoms with Crippen molar-refractivity contribution in [1.82, 2.24) is 5.32 Å². The monoisotopic (exact) mass is 418 g/mol. The van der Waals surface area contributed by atoms with Crippen molar-refractivity contribution in [2.75, 3.05) is 18.1 Å². The number of benzene rings is 1. The van der Waals surface area contributed by atoms with Gasteiger partial charge in [0, 0.05) is 15.3 Å². The van der Waals surface area contributed by atoms with Crippen LogP contribution in [-0.2, 0) is 15.2 Å². The Labute approximate surface area is 169 Å². The molecule has 2 heterocycles. The molecule has 0 aliphatic heterocycles. The van der Waals surface area contributed by atoms with Crippen LogP contribution in [0.25, 0.3) is 0 Å². The van der Waals surface area contributed by atoms with Gasteiger partial charge in [-0.2, -0.15) is 11.3 Å². The molecule has 5 nitrogen and oxygen atoms in total. The number of rotatable bonds is 6. The zero-order valence-corrected chi connectivity index (χ0v) is 16.9. The molecular weight excluding hydrogens is 400 g/mol. The molecule has 0 aliphatic rings. The summed E-state index contributed by atoms with van der Waals surface area (Å²) in [6, 6.07) is 12.7. The van der Waals surface area contributed by atoms with Crippen LogP contribution in [0.1, 0.15) is 10.4 Å². The van der Waals surface area contributed by atoms with Crippen LogP contribution in [-0.4, -0.2) is 29.7 Å². The molecule has 0 bridgehead atoms. The molecule has 1 atom stereocenters. The Balaban J connectivity index is 1.70. The standard InChI is InChI=1S/C19H18N2O3S3/c1-25-15-6-3-2-5-14(15)21-18(23)17(22)20-12-19(24,13-8-10-26-11-13)16-7-4-9-27-16/h2-11,24H,12H2,1H3,(H,20,22)(H,21,23)/t19-/m0/s1. The molecule has 0 saturated carbocycles. The second-order valence-corrected chi connectivity index (χ2v) is 8.26. The van der Waals surface area contributed by atoms with Gasteiger partial charge in [0.1, 0.15) is 5.60 Å². The van der Waals surface area contributed by atoms with Crippen molar-refractivity contribution >= 4 is 51.9 Å². The highest BCUT2D eigenvalue weighted by Gasteiger charge is 2.34. The van der Waals surface area contributed by atoms with Gasteiger partial charge < -0.3 is 15.7 Å². The second-order valence-electron chi connectivity index (χ2n) is 5.69. The van der Waals surface area contributed by atoms with E-state index < -0.39 is 17.4 Å². The van der Waals surface area contributed by atoms with Gasteiger partial charge in [0.05, 0.1) is 12.2 Å². The molecular formula is C19H18N2O3S3. The molecule has 3 rings (SSSR count). The van der Waals surface area contributed by atoms with Crippen LogP contribution in [0.2, 0.25) is 0 Å². The maximum absolute atomic E-state index is 12.3. The smallest absolute Gasteiger partial charge is 0.313 e. The number of hydrogen-bond acceptors (Lipinski definition) is 6. The fourth-order valence-corrected chi connectivity index (χ4v) is 4.68. The van der Waals surface area contributed by atoms with E-state index in [1.165, 1.54) is 34.4 Å². The first-order valence-electron chi connectivity index (χ1n) is 8.06. The van der Waals surface area contributed by atoms with Crippen molar-refractivity contribution in [3.63, 3.8) is 0 Å². The summed E-state index contributed by atoms with van der Waals surface area (Å²) in [4.78, 5) is 26.1. The van der Waals surface area contributed by atoms with Gasteiger partial charge in [-0.3, -0.25) is 9.59 Å². The van der Waals surface area contributed by atoms with Crippen LogP contribution in [0.5, 0.6) is 0 Å². The zero-order chi connectivity index (χ0) is 19.3. The minimum atomic E-state index is -1.37. The first-order chi connectivity index (χ1) is 13.0. The summed E-state index contributed by atoms with van der Waals surface area (Å²) < 4.78 is 0. The molecule has 0 unspecified atom stereocenters. The number of thioether (sulfide) groups is 1.